The summed E-state index contributed by atoms with van der Waals surface area (Å²) in [5.41, 5.74) is 10.7. The van der Waals surface area contributed by atoms with E-state index >= 15 is 0 Å². The highest BCUT2D eigenvalue weighted by molar-refractivity contribution is 9.11. The molecule has 0 aliphatic carbocycles. The fourth-order valence-corrected chi connectivity index (χ4v) is 7.12. The Morgan fingerprint density at radius 2 is 0.852 bits per heavy atom. The Balaban J connectivity index is 1.28. The van der Waals surface area contributed by atoms with Crippen LogP contribution in [-0.2, 0) is 9.47 Å². The van der Waals surface area contributed by atoms with Gasteiger partial charge in [-0.3, -0.25) is 0 Å². The monoisotopic (exact) mass is 854 g/mol. The van der Waals surface area contributed by atoms with E-state index in [4.69, 9.17) is 39.1 Å². The maximum Gasteiger partial charge on any atom is 0.119 e. The number of rotatable bonds is 16. The summed E-state index contributed by atoms with van der Waals surface area (Å²) in [4.78, 5) is 17.5. The van der Waals surface area contributed by atoms with Crippen LogP contribution in [0.1, 0.15) is 35.6 Å². The third kappa shape index (κ3) is 8.86. The molecule has 0 amide bonds. The molecule has 2 aliphatic heterocycles. The van der Waals surface area contributed by atoms with Gasteiger partial charge in [-0.1, -0.05) is 24.3 Å². The molecule has 12 heteroatoms. The number of aromatic nitrogens is 4. The Hall–Kier alpha value is -4.56. The first-order chi connectivity index (χ1) is 26.5. The van der Waals surface area contributed by atoms with Gasteiger partial charge >= 0.3 is 0 Å². The van der Waals surface area contributed by atoms with Crippen molar-refractivity contribution in [2.45, 2.75) is 12.8 Å². The van der Waals surface area contributed by atoms with E-state index in [-0.39, 0.29) is 13.2 Å². The van der Waals surface area contributed by atoms with Crippen LogP contribution in [0.4, 0.5) is 0 Å². The van der Waals surface area contributed by atoms with Gasteiger partial charge in [0, 0.05) is 48.2 Å². The number of hydrogen-bond donors (Lipinski definition) is 4. The first-order valence-electron chi connectivity index (χ1n) is 17.8. The zero-order valence-corrected chi connectivity index (χ0v) is 32.7. The van der Waals surface area contributed by atoms with Crippen molar-refractivity contribution < 1.29 is 29.2 Å². The molecule has 3 aromatic heterocycles. The Morgan fingerprint density at radius 3 is 1.26 bits per heavy atom. The van der Waals surface area contributed by atoms with Gasteiger partial charge in [0.05, 0.1) is 82.4 Å². The van der Waals surface area contributed by atoms with E-state index in [1.165, 1.54) is 0 Å². The Kier molecular flexibility index (Phi) is 12.7. The predicted molar refractivity (Wildman–Crippen MR) is 221 cm³/mol. The number of ether oxygens (including phenoxy) is 4. The van der Waals surface area contributed by atoms with Crippen LogP contribution in [0, 0.1) is 0 Å². The number of aliphatic hydroxyl groups is 2. The molecule has 0 unspecified atom stereocenters. The summed E-state index contributed by atoms with van der Waals surface area (Å²) < 4.78 is 24.2. The minimum Gasteiger partial charge on any atom is -0.494 e. The van der Waals surface area contributed by atoms with Crippen molar-refractivity contribution in [3.05, 3.63) is 105 Å². The number of fused-ring (bicyclic) bond motifs is 8. The first-order valence-corrected chi connectivity index (χ1v) is 19.4. The number of nitrogens with zero attached hydrogens (tertiary/aromatic N) is 2. The molecule has 0 fully saturated rings. The molecule has 8 bridgehead atoms. The molecule has 5 aromatic rings. The molecule has 0 saturated heterocycles. The third-order valence-corrected chi connectivity index (χ3v) is 10.5. The average molecular weight is 857 g/mol. The van der Waals surface area contributed by atoms with E-state index in [9.17, 15) is 0 Å². The van der Waals surface area contributed by atoms with Gasteiger partial charge in [-0.2, -0.15) is 0 Å². The van der Waals surface area contributed by atoms with Gasteiger partial charge in [0.1, 0.15) is 11.5 Å². The Morgan fingerprint density at radius 1 is 0.463 bits per heavy atom. The van der Waals surface area contributed by atoms with E-state index in [1.807, 2.05) is 85.0 Å². The van der Waals surface area contributed by atoms with Gasteiger partial charge in [0.25, 0.3) is 0 Å². The highest BCUT2D eigenvalue weighted by atomic mass is 79.9. The summed E-state index contributed by atoms with van der Waals surface area (Å²) in [5, 5.41) is 17.8. The Labute approximate surface area is 329 Å². The van der Waals surface area contributed by atoms with Crippen LogP contribution in [-0.4, -0.2) is 83.0 Å². The van der Waals surface area contributed by atoms with Crippen LogP contribution in [0.15, 0.2) is 81.7 Å². The lowest BCUT2D eigenvalue weighted by Crippen LogP contribution is -2.05. The largest absolute Gasteiger partial charge is 0.494 e. The number of benzene rings is 2. The van der Waals surface area contributed by atoms with Gasteiger partial charge in [-0.05, 0) is 116 Å². The summed E-state index contributed by atoms with van der Waals surface area (Å²) in [7, 11) is 0. The van der Waals surface area contributed by atoms with E-state index in [1.54, 1.807) is 0 Å². The fraction of sp³-hybridized carbons (Fsp3) is 0.238. The zero-order valence-electron chi connectivity index (χ0n) is 29.5. The highest BCUT2D eigenvalue weighted by Crippen LogP contribution is 2.36. The highest BCUT2D eigenvalue weighted by Gasteiger charge is 2.17. The minimum absolute atomic E-state index is 0.0181. The molecule has 0 spiro atoms. The lowest BCUT2D eigenvalue weighted by atomic mass is 10.0. The van der Waals surface area contributed by atoms with Crippen molar-refractivity contribution in [2.75, 3.05) is 52.9 Å². The smallest absolute Gasteiger partial charge is 0.119 e. The molecule has 0 saturated carbocycles. The van der Waals surface area contributed by atoms with Crippen molar-refractivity contribution in [1.29, 1.82) is 0 Å². The lowest BCUT2D eigenvalue weighted by Gasteiger charge is -2.09. The van der Waals surface area contributed by atoms with Crippen molar-refractivity contribution in [3.63, 3.8) is 0 Å². The van der Waals surface area contributed by atoms with Crippen molar-refractivity contribution >= 4 is 78.2 Å². The number of hydrogen-bond acceptors (Lipinski definition) is 8. The number of halogens is 2. The van der Waals surface area contributed by atoms with Crippen molar-refractivity contribution in [1.82, 2.24) is 19.9 Å². The van der Waals surface area contributed by atoms with Crippen LogP contribution in [0.3, 0.4) is 0 Å². The van der Waals surface area contributed by atoms with Crippen LogP contribution < -0.4 is 9.47 Å². The van der Waals surface area contributed by atoms with E-state index in [2.05, 4.69) is 54.0 Å². The predicted octanol–water partition coefficient (Wildman–Crippen LogP) is 9.07. The van der Waals surface area contributed by atoms with E-state index in [0.717, 1.165) is 100 Å². The molecule has 2 aromatic carbocycles. The molecule has 2 aliphatic rings. The number of aromatic amines is 2. The zero-order chi connectivity index (χ0) is 37.3. The molecule has 10 nitrogen and oxygen atoms in total. The van der Waals surface area contributed by atoms with Crippen molar-refractivity contribution in [3.8, 4) is 33.8 Å². The SMILES string of the molecule is OCCOCCCOc1ccc(-c2c3nc(c(Br)c4ccc([nH]4)c(-c4ccc(OCCCOCCO)cc4)c4nc(c(Br)c5ccc2[nH]5)C=C4)C=C3)cc1. The number of H-pyrrole nitrogens is 2. The quantitative estimate of drug-likeness (QED) is 0.0708. The molecule has 0 radical (unpaired) electrons. The summed E-state index contributed by atoms with van der Waals surface area (Å²) in [6, 6.07) is 24.3. The number of nitrogens with one attached hydrogen (secondary N) is 2. The molecule has 54 heavy (non-hydrogen) atoms. The summed E-state index contributed by atoms with van der Waals surface area (Å²) >= 11 is 7.72. The second kappa shape index (κ2) is 18.2. The van der Waals surface area contributed by atoms with Gasteiger partial charge in [-0.15, -0.1) is 0 Å². The molecule has 278 valence electrons. The average Bonchev–Trinajstić information content (AvgIpc) is 4.04. The fourth-order valence-electron chi connectivity index (χ4n) is 6.21. The summed E-state index contributed by atoms with van der Waals surface area (Å²) in [5.74, 6) is 1.53. The molecular weight excluding hydrogens is 816 g/mol. The molecule has 5 heterocycles. The summed E-state index contributed by atoms with van der Waals surface area (Å²) in [6.07, 6.45) is 9.59. The normalized spacial score (nSPS) is 12.1. The second-order valence-electron chi connectivity index (χ2n) is 12.5. The molecule has 7 rings (SSSR count). The van der Waals surface area contributed by atoms with Gasteiger partial charge in [0.15, 0.2) is 0 Å². The molecular formula is C42H40Br2N4O6. The van der Waals surface area contributed by atoms with Crippen LogP contribution >= 0.6 is 31.9 Å². The number of aliphatic hydroxyl groups excluding tert-OH is 2. The standard InChI is InChI=1S/C42H40Br2N4O6/c43-41-35-15-11-31(45-35)39(27-3-7-29(8-4-27)53-23-1-21-51-25-19-49)32-12-16-36(46-32)42(44)38-18-14-34(48-38)40(33-13-17-37(41)47-33)28-5-9-30(10-6-28)54-24-2-22-52-26-20-50/h3-18,45,48-50H,1-2,19-26H2. The maximum atomic E-state index is 8.89. The van der Waals surface area contributed by atoms with E-state index < -0.39 is 0 Å². The van der Waals surface area contributed by atoms with Crippen molar-refractivity contribution in [2.24, 2.45) is 0 Å². The Bertz CT molecular complexity index is 2140. The van der Waals surface area contributed by atoms with Gasteiger partial charge in [-0.25, -0.2) is 9.97 Å². The van der Waals surface area contributed by atoms with Gasteiger partial charge in [0.2, 0.25) is 0 Å². The van der Waals surface area contributed by atoms with Crippen LogP contribution in [0.25, 0.3) is 68.6 Å². The molecule has 4 N–H and O–H groups in total. The van der Waals surface area contributed by atoms with Crippen LogP contribution in [0.2, 0.25) is 0 Å². The minimum atomic E-state index is 0.0181. The maximum absolute atomic E-state index is 8.89. The topological polar surface area (TPSA) is 135 Å². The van der Waals surface area contributed by atoms with E-state index in [0.29, 0.717) is 39.6 Å². The van der Waals surface area contributed by atoms with Gasteiger partial charge < -0.3 is 39.1 Å². The van der Waals surface area contributed by atoms with Crippen LogP contribution in [0.5, 0.6) is 11.5 Å². The summed E-state index contributed by atoms with van der Waals surface area (Å²) in [6.45, 7) is 2.82. The first kappa shape index (κ1) is 37.7. The lowest BCUT2D eigenvalue weighted by molar-refractivity contribution is 0.0835. The second-order valence-corrected chi connectivity index (χ2v) is 14.1. The molecule has 0 atom stereocenters. The third-order valence-electron chi connectivity index (χ3n) is 8.79.